The van der Waals surface area contributed by atoms with Crippen molar-refractivity contribution in [2.75, 3.05) is 13.1 Å². The molecule has 2 heterocycles. The van der Waals surface area contributed by atoms with E-state index in [2.05, 4.69) is 22.5 Å². The molecule has 2 unspecified atom stereocenters. The molecular weight excluding hydrogens is 326 g/mol. The van der Waals surface area contributed by atoms with Gasteiger partial charge in [0, 0.05) is 31.0 Å². The average molecular weight is 348 g/mol. The number of benzene rings is 1. The fraction of sp³-hybridized carbons (Fsp3) is 0.444. The van der Waals surface area contributed by atoms with Gasteiger partial charge in [-0.3, -0.25) is 4.79 Å². The van der Waals surface area contributed by atoms with Gasteiger partial charge in [0.15, 0.2) is 11.7 Å². The molecule has 1 aromatic carbocycles. The van der Waals surface area contributed by atoms with Crippen LogP contribution in [0.2, 0.25) is 5.02 Å². The van der Waals surface area contributed by atoms with E-state index in [-0.39, 0.29) is 11.9 Å². The number of rotatable bonds is 5. The van der Waals surface area contributed by atoms with Crippen molar-refractivity contribution in [3.05, 3.63) is 41.4 Å². The summed E-state index contributed by atoms with van der Waals surface area (Å²) in [6, 6.07) is 7.67. The molecule has 2 atom stereocenters. The topological polar surface area (TPSA) is 67.2 Å². The lowest BCUT2D eigenvalue weighted by Crippen LogP contribution is -2.50. The number of carbonyl (C=O) groups is 1. The van der Waals surface area contributed by atoms with Crippen molar-refractivity contribution < 1.29 is 9.21 Å². The summed E-state index contributed by atoms with van der Waals surface area (Å²) in [5, 5.41) is 7.03. The van der Waals surface area contributed by atoms with Crippen LogP contribution in [-0.2, 0) is 11.2 Å². The van der Waals surface area contributed by atoms with Gasteiger partial charge in [-0.05, 0) is 31.0 Å². The maximum Gasteiger partial charge on any atom is 0.220 e. The number of aryl methyl sites for hydroxylation is 1. The lowest BCUT2D eigenvalue weighted by molar-refractivity contribution is -0.122. The van der Waals surface area contributed by atoms with Gasteiger partial charge in [0.2, 0.25) is 5.91 Å². The van der Waals surface area contributed by atoms with E-state index in [1.165, 1.54) is 0 Å². The molecule has 0 bridgehead atoms. The van der Waals surface area contributed by atoms with E-state index in [1.807, 2.05) is 24.3 Å². The molecule has 1 aromatic heterocycles. The van der Waals surface area contributed by atoms with E-state index in [4.69, 9.17) is 16.0 Å². The minimum absolute atomic E-state index is 0.0352. The van der Waals surface area contributed by atoms with Gasteiger partial charge < -0.3 is 15.1 Å². The monoisotopic (exact) mass is 347 g/mol. The predicted octanol–water partition coefficient (Wildman–Crippen LogP) is 3.04. The summed E-state index contributed by atoms with van der Waals surface area (Å²) in [6.07, 6.45) is 3.59. The molecule has 5 nitrogen and oxygen atoms in total. The van der Waals surface area contributed by atoms with Crippen molar-refractivity contribution in [2.24, 2.45) is 5.92 Å². The van der Waals surface area contributed by atoms with E-state index in [0.717, 1.165) is 25.1 Å². The van der Waals surface area contributed by atoms with Crippen molar-refractivity contribution >= 4 is 17.5 Å². The third-order valence-electron chi connectivity index (χ3n) is 4.43. The Bertz CT molecular complexity index is 701. The fourth-order valence-corrected chi connectivity index (χ4v) is 3.12. The highest BCUT2D eigenvalue weighted by Crippen LogP contribution is 2.28. The van der Waals surface area contributed by atoms with Gasteiger partial charge in [0.1, 0.15) is 0 Å². The van der Waals surface area contributed by atoms with Crippen LogP contribution in [0, 0.1) is 5.92 Å². The number of halogens is 1. The van der Waals surface area contributed by atoms with Crippen molar-refractivity contribution in [2.45, 2.75) is 32.2 Å². The summed E-state index contributed by atoms with van der Waals surface area (Å²) in [7, 11) is 0. The van der Waals surface area contributed by atoms with Gasteiger partial charge in [-0.15, -0.1) is 0 Å². The molecule has 1 aliphatic heterocycles. The average Bonchev–Trinajstić information content (AvgIpc) is 3.04. The number of nitrogens with one attached hydrogen (secondary N) is 2. The van der Waals surface area contributed by atoms with Gasteiger partial charge in [-0.1, -0.05) is 30.7 Å². The molecule has 3 rings (SSSR count). The number of amides is 1. The van der Waals surface area contributed by atoms with Crippen molar-refractivity contribution in [3.63, 3.8) is 0 Å². The Hall–Kier alpha value is -1.85. The largest absolute Gasteiger partial charge is 0.441 e. The first kappa shape index (κ1) is 17.0. The van der Waals surface area contributed by atoms with Crippen LogP contribution < -0.4 is 10.6 Å². The maximum atomic E-state index is 12.1. The third-order valence-corrected chi connectivity index (χ3v) is 4.76. The second-order valence-corrected chi connectivity index (χ2v) is 6.65. The highest BCUT2D eigenvalue weighted by Gasteiger charge is 2.22. The molecule has 0 aliphatic carbocycles. The van der Waals surface area contributed by atoms with Gasteiger partial charge >= 0.3 is 0 Å². The summed E-state index contributed by atoms with van der Waals surface area (Å²) >= 11 is 6.16. The van der Waals surface area contributed by atoms with Crippen LogP contribution >= 0.6 is 11.6 Å². The zero-order chi connectivity index (χ0) is 16.9. The quantitative estimate of drug-likeness (QED) is 0.872. The van der Waals surface area contributed by atoms with Gasteiger partial charge in [0.05, 0.1) is 11.2 Å². The Morgan fingerprint density at radius 2 is 2.29 bits per heavy atom. The second kappa shape index (κ2) is 7.81. The fourth-order valence-electron chi connectivity index (χ4n) is 2.89. The molecule has 1 fully saturated rings. The second-order valence-electron chi connectivity index (χ2n) is 6.24. The first-order valence-electron chi connectivity index (χ1n) is 8.33. The lowest BCUT2D eigenvalue weighted by Gasteiger charge is -2.30. The van der Waals surface area contributed by atoms with Crippen LogP contribution in [0.1, 0.15) is 25.7 Å². The predicted molar refractivity (Wildman–Crippen MR) is 93.9 cm³/mol. The molecule has 2 aromatic rings. The Kier molecular flexibility index (Phi) is 5.53. The Morgan fingerprint density at radius 3 is 3.08 bits per heavy atom. The van der Waals surface area contributed by atoms with Crippen molar-refractivity contribution in [3.8, 4) is 11.3 Å². The SMILES string of the molecule is CC1CCNCC1NC(=O)CCc1ncc(-c2ccccc2Cl)o1. The van der Waals surface area contributed by atoms with Gasteiger partial charge in [-0.25, -0.2) is 4.98 Å². The van der Waals surface area contributed by atoms with Crippen LogP contribution in [0.15, 0.2) is 34.9 Å². The molecule has 2 N–H and O–H groups in total. The van der Waals surface area contributed by atoms with Crippen molar-refractivity contribution in [1.29, 1.82) is 0 Å². The lowest BCUT2D eigenvalue weighted by atomic mass is 9.95. The number of hydrogen-bond donors (Lipinski definition) is 2. The first-order chi connectivity index (χ1) is 11.6. The van der Waals surface area contributed by atoms with Crippen molar-refractivity contribution in [1.82, 2.24) is 15.6 Å². The van der Waals surface area contributed by atoms with Crippen LogP contribution in [0.3, 0.4) is 0 Å². The summed E-state index contributed by atoms with van der Waals surface area (Å²) in [5.74, 6) is 1.72. The number of oxazole rings is 1. The zero-order valence-corrected chi connectivity index (χ0v) is 14.5. The molecule has 1 amide bonds. The first-order valence-corrected chi connectivity index (χ1v) is 8.71. The normalized spacial score (nSPS) is 20.8. The highest BCUT2D eigenvalue weighted by atomic mass is 35.5. The molecule has 1 aliphatic rings. The number of nitrogens with zero attached hydrogens (tertiary/aromatic N) is 1. The molecule has 0 saturated carbocycles. The van der Waals surface area contributed by atoms with Gasteiger partial charge in [-0.2, -0.15) is 0 Å². The zero-order valence-electron chi connectivity index (χ0n) is 13.7. The summed E-state index contributed by atoms with van der Waals surface area (Å²) in [4.78, 5) is 16.4. The molecule has 0 spiro atoms. The number of aromatic nitrogens is 1. The van der Waals surface area contributed by atoms with E-state index >= 15 is 0 Å². The van der Waals surface area contributed by atoms with Gasteiger partial charge in [0.25, 0.3) is 0 Å². The Balaban J connectivity index is 1.54. The minimum Gasteiger partial charge on any atom is -0.441 e. The number of carbonyl (C=O) groups excluding carboxylic acids is 1. The van der Waals surface area contributed by atoms with E-state index < -0.39 is 0 Å². The maximum absolute atomic E-state index is 12.1. The summed E-state index contributed by atoms with van der Waals surface area (Å²) in [6.45, 7) is 4.03. The van der Waals surface area contributed by atoms with Crippen LogP contribution in [0.4, 0.5) is 0 Å². The Morgan fingerprint density at radius 1 is 1.46 bits per heavy atom. The standard InChI is InChI=1S/C18H22ClN3O2/c1-12-8-9-20-10-15(12)22-17(23)6-7-18-21-11-16(24-18)13-4-2-3-5-14(13)19/h2-5,11-12,15,20H,6-10H2,1H3,(H,22,23). The minimum atomic E-state index is 0.0352. The summed E-state index contributed by atoms with van der Waals surface area (Å²) in [5.41, 5.74) is 0.810. The number of piperidine rings is 1. The highest BCUT2D eigenvalue weighted by molar-refractivity contribution is 6.33. The molecule has 24 heavy (non-hydrogen) atoms. The summed E-state index contributed by atoms with van der Waals surface area (Å²) < 4.78 is 5.72. The van der Waals surface area contributed by atoms with Crippen LogP contribution in [-0.4, -0.2) is 30.0 Å². The molecule has 128 valence electrons. The molecule has 1 saturated heterocycles. The molecular formula is C18H22ClN3O2. The van der Waals surface area contributed by atoms with Crippen LogP contribution in [0.5, 0.6) is 0 Å². The number of hydrogen-bond acceptors (Lipinski definition) is 4. The van der Waals surface area contributed by atoms with Crippen LogP contribution in [0.25, 0.3) is 11.3 Å². The van der Waals surface area contributed by atoms with E-state index in [9.17, 15) is 4.79 Å². The third kappa shape index (κ3) is 4.16. The molecule has 6 heteroatoms. The van der Waals surface area contributed by atoms with E-state index in [1.54, 1.807) is 6.20 Å². The molecule has 0 radical (unpaired) electrons. The Labute approximate surface area is 146 Å². The van der Waals surface area contributed by atoms with E-state index in [0.29, 0.717) is 35.4 Å². The smallest absolute Gasteiger partial charge is 0.220 e.